The molecule has 0 N–H and O–H groups in total. The van der Waals surface area contributed by atoms with E-state index in [1.165, 1.54) is 20.1 Å². The van der Waals surface area contributed by atoms with Gasteiger partial charge in [-0.3, -0.25) is 0 Å². The summed E-state index contributed by atoms with van der Waals surface area (Å²) >= 11 is 9.60. The Kier molecular flexibility index (Phi) is 6.43. The van der Waals surface area contributed by atoms with E-state index in [1.807, 2.05) is 17.6 Å². The Morgan fingerprint density at radius 1 is 0.625 bits per heavy atom. The number of hydrogen-bond donors (Lipinski definition) is 0. The second-order valence-electron chi connectivity index (χ2n) is 7.20. The van der Waals surface area contributed by atoms with Crippen molar-refractivity contribution < 1.29 is 0 Å². The van der Waals surface area contributed by atoms with E-state index in [9.17, 15) is 0 Å². The van der Waals surface area contributed by atoms with Crippen LogP contribution in [0.25, 0.3) is 0 Å². The molecule has 0 saturated heterocycles. The van der Waals surface area contributed by atoms with Crippen molar-refractivity contribution in [1.29, 1.82) is 0 Å². The van der Waals surface area contributed by atoms with E-state index in [1.54, 1.807) is 23.1 Å². The van der Waals surface area contributed by atoms with Gasteiger partial charge in [0.15, 0.2) is 7.26 Å². The molecule has 0 aliphatic rings. The van der Waals surface area contributed by atoms with Crippen molar-refractivity contribution in [2.45, 2.75) is 9.10 Å². The number of thiazole rings is 1. The van der Waals surface area contributed by atoms with Crippen LogP contribution in [-0.2, 0) is 0 Å². The highest BCUT2D eigenvalue weighted by Gasteiger charge is 2.51. The van der Waals surface area contributed by atoms with E-state index >= 15 is 0 Å². The van der Waals surface area contributed by atoms with Gasteiger partial charge in [0.2, 0.25) is 5.44 Å². The van der Waals surface area contributed by atoms with Crippen LogP contribution in [0.4, 0.5) is 0 Å². The summed E-state index contributed by atoms with van der Waals surface area (Å²) in [4.78, 5) is 6.21. The molecule has 0 amide bonds. The zero-order valence-electron chi connectivity index (χ0n) is 17.1. The average Bonchev–Trinajstić information content (AvgIpc) is 3.31. The highest BCUT2D eigenvalue weighted by atomic mass is 35.5. The summed E-state index contributed by atoms with van der Waals surface area (Å²) in [6.45, 7) is 0. The van der Waals surface area contributed by atoms with Crippen LogP contribution in [0.1, 0.15) is 0 Å². The van der Waals surface area contributed by atoms with Gasteiger partial charge in [-0.1, -0.05) is 78.0 Å². The minimum Gasteiger partial charge on any atom is -0.209 e. The minimum atomic E-state index is -2.19. The quantitative estimate of drug-likeness (QED) is 0.251. The van der Waals surface area contributed by atoms with Crippen molar-refractivity contribution in [3.05, 3.63) is 126 Å². The Bertz CT molecular complexity index is 1190. The van der Waals surface area contributed by atoms with Gasteiger partial charge in [0.25, 0.3) is 0 Å². The first-order chi connectivity index (χ1) is 15.8. The molecule has 0 atom stereocenters. The maximum Gasteiger partial charge on any atom is 0.223 e. The molecule has 0 spiro atoms. The molecule has 0 saturated carbocycles. The molecule has 5 rings (SSSR count). The van der Waals surface area contributed by atoms with Crippen LogP contribution in [0.2, 0.25) is 5.02 Å². The summed E-state index contributed by atoms with van der Waals surface area (Å²) in [5, 5.41) is 4.67. The zero-order chi connectivity index (χ0) is 21.8. The van der Waals surface area contributed by atoms with Gasteiger partial charge in [0.05, 0.1) is 5.51 Å². The lowest BCUT2D eigenvalue weighted by Gasteiger charge is -2.26. The van der Waals surface area contributed by atoms with Gasteiger partial charge in [-0.2, -0.15) is 0 Å². The fourth-order valence-corrected chi connectivity index (χ4v) is 10.9. The Labute approximate surface area is 202 Å². The third-order valence-corrected chi connectivity index (χ3v) is 12.1. The lowest BCUT2D eigenvalue weighted by Crippen LogP contribution is -2.39. The molecular weight excluding hydrogens is 469 g/mol. The average molecular weight is 489 g/mol. The second kappa shape index (κ2) is 9.60. The third-order valence-electron chi connectivity index (χ3n) is 5.29. The standard InChI is InChI=1S/C27H20ClNPS2/c28-21-16-18-25(19-17-21)32-27-26(29-20-31-27)30(22-10-4-1-5-11-22,23-12-6-2-7-13-23)24-14-8-3-9-15-24/h1-20H/q+1. The van der Waals surface area contributed by atoms with Crippen molar-refractivity contribution in [3.8, 4) is 0 Å². The number of hydrogen-bond acceptors (Lipinski definition) is 3. The van der Waals surface area contributed by atoms with Crippen molar-refractivity contribution in [2.75, 3.05) is 0 Å². The molecule has 0 aliphatic heterocycles. The van der Waals surface area contributed by atoms with Crippen molar-refractivity contribution in [1.82, 2.24) is 4.98 Å². The van der Waals surface area contributed by atoms with Gasteiger partial charge in [-0.05, 0) is 60.7 Å². The molecule has 0 unspecified atom stereocenters. The maximum absolute atomic E-state index is 6.12. The molecule has 1 aromatic heterocycles. The Balaban J connectivity index is 1.79. The van der Waals surface area contributed by atoms with Crippen molar-refractivity contribution in [3.63, 3.8) is 0 Å². The van der Waals surface area contributed by atoms with Gasteiger partial charge >= 0.3 is 0 Å². The fraction of sp³-hybridized carbons (Fsp3) is 0. The highest BCUT2D eigenvalue weighted by Crippen LogP contribution is 2.56. The predicted octanol–water partition coefficient (Wildman–Crippen LogP) is 6.57. The summed E-state index contributed by atoms with van der Waals surface area (Å²) in [6.07, 6.45) is 0. The SMILES string of the molecule is Clc1ccc(Sc2scnc2[P+](c2ccccc2)(c2ccccc2)c2ccccc2)cc1. The molecule has 1 heterocycles. The molecule has 5 heteroatoms. The lowest BCUT2D eigenvalue weighted by molar-refractivity contribution is 1.43. The first-order valence-electron chi connectivity index (χ1n) is 10.2. The van der Waals surface area contributed by atoms with Gasteiger partial charge < -0.3 is 0 Å². The summed E-state index contributed by atoms with van der Waals surface area (Å²) < 4.78 is 1.22. The molecule has 32 heavy (non-hydrogen) atoms. The second-order valence-corrected chi connectivity index (χ2v) is 13.1. The van der Waals surface area contributed by atoms with Crippen LogP contribution in [0.5, 0.6) is 0 Å². The van der Waals surface area contributed by atoms with Gasteiger partial charge in [0, 0.05) is 9.92 Å². The molecule has 0 radical (unpaired) electrons. The molecular formula is C27H20ClNPS2+. The summed E-state index contributed by atoms with van der Waals surface area (Å²) in [5.74, 6) is 0. The van der Waals surface area contributed by atoms with Gasteiger partial charge in [0.1, 0.15) is 20.1 Å². The zero-order valence-corrected chi connectivity index (χ0v) is 20.4. The van der Waals surface area contributed by atoms with Crippen LogP contribution in [-0.4, -0.2) is 4.98 Å². The molecule has 0 aliphatic carbocycles. The summed E-state index contributed by atoms with van der Waals surface area (Å²) in [5.41, 5.74) is 3.14. The number of halogens is 1. The van der Waals surface area contributed by atoms with E-state index in [-0.39, 0.29) is 0 Å². The topological polar surface area (TPSA) is 12.9 Å². The van der Waals surface area contributed by atoms with Gasteiger partial charge in [-0.15, -0.1) is 11.3 Å². The number of aromatic nitrogens is 1. The van der Waals surface area contributed by atoms with Gasteiger partial charge in [-0.25, -0.2) is 4.98 Å². The Hall–Kier alpha value is -2.42. The third kappa shape index (κ3) is 4.02. The van der Waals surface area contributed by atoms with Crippen molar-refractivity contribution >= 4 is 63.3 Å². The first kappa shape index (κ1) is 21.4. The Morgan fingerprint density at radius 3 is 1.56 bits per heavy atom. The monoisotopic (exact) mass is 488 g/mol. The van der Waals surface area contributed by atoms with E-state index in [4.69, 9.17) is 16.6 Å². The molecule has 5 aromatic rings. The van der Waals surface area contributed by atoms with Crippen LogP contribution in [0.3, 0.4) is 0 Å². The molecule has 0 bridgehead atoms. The smallest absolute Gasteiger partial charge is 0.209 e. The predicted molar refractivity (Wildman–Crippen MR) is 142 cm³/mol. The number of benzene rings is 4. The number of rotatable bonds is 6. The molecule has 156 valence electrons. The first-order valence-corrected chi connectivity index (χ1v) is 14.1. The van der Waals surface area contributed by atoms with Crippen molar-refractivity contribution in [2.24, 2.45) is 0 Å². The van der Waals surface area contributed by atoms with E-state index in [0.717, 1.165) is 15.4 Å². The molecule has 1 nitrogen and oxygen atoms in total. The minimum absolute atomic E-state index is 0.749. The van der Waals surface area contributed by atoms with Crippen LogP contribution in [0.15, 0.2) is 130 Å². The van der Waals surface area contributed by atoms with E-state index < -0.39 is 7.26 Å². The van der Waals surface area contributed by atoms with Crippen LogP contribution < -0.4 is 21.3 Å². The fourth-order valence-electron chi connectivity index (χ4n) is 3.90. The molecule has 4 aromatic carbocycles. The highest BCUT2D eigenvalue weighted by molar-refractivity contribution is 8.05. The lowest BCUT2D eigenvalue weighted by atomic mass is 10.4. The van der Waals surface area contributed by atoms with E-state index in [2.05, 4.69) is 103 Å². The largest absolute Gasteiger partial charge is 0.223 e. The summed E-state index contributed by atoms with van der Waals surface area (Å²) in [7, 11) is -2.19. The summed E-state index contributed by atoms with van der Waals surface area (Å²) in [6, 6.07) is 40.6. The molecule has 0 fully saturated rings. The Morgan fingerprint density at radius 2 is 1.09 bits per heavy atom. The van der Waals surface area contributed by atoms with Crippen LogP contribution in [0, 0.1) is 0 Å². The number of nitrogens with zero attached hydrogens (tertiary/aromatic N) is 1. The van der Waals surface area contributed by atoms with Crippen LogP contribution >= 0.6 is 42.0 Å². The normalized spacial score (nSPS) is 11.4. The van der Waals surface area contributed by atoms with E-state index in [0.29, 0.717) is 0 Å². The maximum atomic E-state index is 6.12.